The first-order valence-electron chi connectivity index (χ1n) is 8.00. The van der Waals surface area contributed by atoms with Gasteiger partial charge in [-0.2, -0.15) is 0 Å². The summed E-state index contributed by atoms with van der Waals surface area (Å²) in [5, 5.41) is 5.24. The summed E-state index contributed by atoms with van der Waals surface area (Å²) >= 11 is 1.40. The van der Waals surface area contributed by atoms with E-state index in [2.05, 4.69) is 15.2 Å². The van der Waals surface area contributed by atoms with E-state index in [1.54, 1.807) is 24.4 Å². The predicted octanol–water partition coefficient (Wildman–Crippen LogP) is 3.01. The monoisotopic (exact) mass is 349 g/mol. The second-order valence-corrected chi connectivity index (χ2v) is 6.76. The molecule has 0 saturated carbocycles. The van der Waals surface area contributed by atoms with Crippen LogP contribution in [0.15, 0.2) is 35.8 Å². The number of para-hydroxylation sites is 1. The number of carbonyl (C=O) groups is 1. The van der Waals surface area contributed by atoms with Crippen molar-refractivity contribution < 1.29 is 13.9 Å². The number of halogens is 1. The first-order valence-corrected chi connectivity index (χ1v) is 8.87. The molecule has 2 heterocycles. The number of nitrogens with zero attached hydrogens (tertiary/aromatic N) is 2. The van der Waals surface area contributed by atoms with E-state index >= 15 is 0 Å². The Labute approximate surface area is 144 Å². The number of thiazole rings is 1. The van der Waals surface area contributed by atoms with Crippen molar-refractivity contribution in [2.75, 3.05) is 31.6 Å². The quantitative estimate of drug-likeness (QED) is 0.871. The number of rotatable bonds is 6. The van der Waals surface area contributed by atoms with Crippen LogP contribution in [0.5, 0.6) is 5.75 Å². The highest BCUT2D eigenvalue weighted by Crippen LogP contribution is 2.21. The maximum atomic E-state index is 13.6. The smallest absolute Gasteiger partial charge is 0.240 e. The molecule has 1 aliphatic heterocycles. The van der Waals surface area contributed by atoms with Gasteiger partial charge in [-0.15, -0.1) is 11.3 Å². The number of aromatic nitrogens is 1. The van der Waals surface area contributed by atoms with Gasteiger partial charge in [-0.1, -0.05) is 12.1 Å². The largest absolute Gasteiger partial charge is 0.490 e. The van der Waals surface area contributed by atoms with E-state index in [4.69, 9.17) is 4.74 Å². The molecule has 0 bridgehead atoms. The molecule has 1 aromatic heterocycles. The van der Waals surface area contributed by atoms with Crippen LogP contribution < -0.4 is 10.1 Å². The zero-order chi connectivity index (χ0) is 16.8. The molecule has 2 aromatic rings. The molecule has 1 fully saturated rings. The van der Waals surface area contributed by atoms with Crippen LogP contribution in [0.2, 0.25) is 0 Å². The summed E-state index contributed by atoms with van der Waals surface area (Å²) in [5.74, 6) is 0.191. The molecule has 1 saturated heterocycles. The number of anilines is 1. The zero-order valence-corrected chi connectivity index (χ0v) is 14.1. The molecule has 3 rings (SSSR count). The molecule has 1 aliphatic rings. The fourth-order valence-corrected chi connectivity index (χ4v) is 3.39. The molecule has 1 unspecified atom stereocenters. The number of piperidine rings is 1. The Hall–Kier alpha value is -1.99. The second kappa shape index (κ2) is 8.21. The number of carbonyl (C=O) groups excluding carboxylic acids is 1. The molecule has 5 nitrogen and oxygen atoms in total. The third kappa shape index (κ3) is 4.75. The normalized spacial score (nSPS) is 18.3. The number of nitrogens with one attached hydrogen (secondary N) is 1. The number of hydrogen-bond donors (Lipinski definition) is 1. The summed E-state index contributed by atoms with van der Waals surface area (Å²) < 4.78 is 19.2. The van der Waals surface area contributed by atoms with Crippen molar-refractivity contribution >= 4 is 22.4 Å². The van der Waals surface area contributed by atoms with Crippen molar-refractivity contribution in [2.24, 2.45) is 5.92 Å². The molecular formula is C17H20FN3O2S. The summed E-state index contributed by atoms with van der Waals surface area (Å²) in [6.07, 6.45) is 3.70. The maximum absolute atomic E-state index is 13.6. The van der Waals surface area contributed by atoms with Gasteiger partial charge in [0.05, 0.1) is 13.2 Å². The Morgan fingerprint density at radius 2 is 2.33 bits per heavy atom. The summed E-state index contributed by atoms with van der Waals surface area (Å²) in [4.78, 5) is 18.2. The minimum atomic E-state index is -0.340. The van der Waals surface area contributed by atoms with Crippen molar-refractivity contribution in [1.29, 1.82) is 0 Å². The lowest BCUT2D eigenvalue weighted by atomic mass is 9.99. The van der Waals surface area contributed by atoms with Crippen LogP contribution in [0.25, 0.3) is 0 Å². The van der Waals surface area contributed by atoms with Gasteiger partial charge in [-0.3, -0.25) is 9.69 Å². The van der Waals surface area contributed by atoms with Gasteiger partial charge in [0.1, 0.15) is 0 Å². The molecular weight excluding hydrogens is 329 g/mol. The summed E-state index contributed by atoms with van der Waals surface area (Å²) in [5.41, 5.74) is 0. The third-order valence-electron chi connectivity index (χ3n) is 3.96. The van der Waals surface area contributed by atoms with Crippen LogP contribution in [0.1, 0.15) is 12.8 Å². The van der Waals surface area contributed by atoms with Gasteiger partial charge in [0.25, 0.3) is 0 Å². The summed E-state index contributed by atoms with van der Waals surface area (Å²) in [6.45, 7) is 2.47. The Morgan fingerprint density at radius 3 is 3.12 bits per heavy atom. The molecule has 1 amide bonds. The van der Waals surface area contributed by atoms with Crippen molar-refractivity contribution in [3.63, 3.8) is 0 Å². The molecule has 0 aliphatic carbocycles. The third-order valence-corrected chi connectivity index (χ3v) is 4.65. The fraction of sp³-hybridized carbons (Fsp3) is 0.412. The zero-order valence-electron chi connectivity index (χ0n) is 13.3. The lowest BCUT2D eigenvalue weighted by molar-refractivity contribution is -0.117. The molecule has 0 spiro atoms. The standard InChI is InChI=1S/C17H20FN3O2S/c18-14-5-1-2-6-15(14)23-12-13-4-3-8-21(10-13)11-16(22)20-17-19-7-9-24-17/h1-2,5-7,9,13H,3-4,8,10-12H2,(H,19,20,22). The van der Waals surface area contributed by atoms with Gasteiger partial charge >= 0.3 is 0 Å². The minimum absolute atomic E-state index is 0.0550. The Bertz CT molecular complexity index is 666. The number of benzene rings is 1. The second-order valence-electron chi connectivity index (χ2n) is 5.87. The van der Waals surface area contributed by atoms with Crippen molar-refractivity contribution in [2.45, 2.75) is 12.8 Å². The SMILES string of the molecule is O=C(CN1CCCC(COc2ccccc2F)C1)Nc1nccs1. The molecule has 7 heteroatoms. The van der Waals surface area contributed by atoms with Gasteiger partial charge in [0, 0.05) is 24.0 Å². The molecule has 1 atom stereocenters. The average molecular weight is 349 g/mol. The molecule has 0 radical (unpaired) electrons. The Morgan fingerprint density at radius 1 is 1.46 bits per heavy atom. The van der Waals surface area contributed by atoms with E-state index in [1.807, 2.05) is 5.38 Å². The van der Waals surface area contributed by atoms with Gasteiger partial charge in [-0.25, -0.2) is 9.37 Å². The van der Waals surface area contributed by atoms with E-state index in [9.17, 15) is 9.18 Å². The first-order chi connectivity index (χ1) is 11.7. The first kappa shape index (κ1) is 16.9. The van der Waals surface area contributed by atoms with Crippen LogP contribution in [-0.4, -0.2) is 42.0 Å². The minimum Gasteiger partial charge on any atom is -0.490 e. The highest BCUT2D eigenvalue weighted by molar-refractivity contribution is 7.13. The van der Waals surface area contributed by atoms with Gasteiger partial charge < -0.3 is 10.1 Å². The summed E-state index contributed by atoms with van der Waals surface area (Å²) in [7, 11) is 0. The Balaban J connectivity index is 1.45. The van der Waals surface area contributed by atoms with Crippen LogP contribution in [-0.2, 0) is 4.79 Å². The van der Waals surface area contributed by atoms with E-state index in [0.29, 0.717) is 24.2 Å². The van der Waals surface area contributed by atoms with E-state index in [-0.39, 0.29) is 17.5 Å². The topological polar surface area (TPSA) is 54.5 Å². The number of hydrogen-bond acceptors (Lipinski definition) is 5. The average Bonchev–Trinajstić information content (AvgIpc) is 3.07. The van der Waals surface area contributed by atoms with Gasteiger partial charge in [0.15, 0.2) is 16.7 Å². The predicted molar refractivity (Wildman–Crippen MR) is 91.8 cm³/mol. The van der Waals surface area contributed by atoms with Crippen LogP contribution in [0, 0.1) is 11.7 Å². The summed E-state index contributed by atoms with van der Waals surface area (Å²) in [6, 6.07) is 6.43. The lowest BCUT2D eigenvalue weighted by Crippen LogP contribution is -2.42. The fourth-order valence-electron chi connectivity index (χ4n) is 2.85. The van der Waals surface area contributed by atoms with E-state index in [0.717, 1.165) is 25.9 Å². The number of ether oxygens (including phenoxy) is 1. The van der Waals surface area contributed by atoms with E-state index in [1.165, 1.54) is 17.4 Å². The molecule has 1 N–H and O–H groups in total. The lowest BCUT2D eigenvalue weighted by Gasteiger charge is -2.32. The number of likely N-dealkylation sites (tertiary alicyclic amines) is 1. The van der Waals surface area contributed by atoms with Gasteiger partial charge in [0.2, 0.25) is 5.91 Å². The van der Waals surface area contributed by atoms with Crippen LogP contribution >= 0.6 is 11.3 Å². The molecule has 24 heavy (non-hydrogen) atoms. The highest BCUT2D eigenvalue weighted by Gasteiger charge is 2.22. The maximum Gasteiger partial charge on any atom is 0.240 e. The van der Waals surface area contributed by atoms with Crippen LogP contribution in [0.4, 0.5) is 9.52 Å². The highest BCUT2D eigenvalue weighted by atomic mass is 32.1. The molecule has 128 valence electrons. The molecule has 1 aromatic carbocycles. The number of amides is 1. The van der Waals surface area contributed by atoms with Crippen molar-refractivity contribution in [3.05, 3.63) is 41.7 Å². The van der Waals surface area contributed by atoms with E-state index < -0.39 is 0 Å². The van der Waals surface area contributed by atoms with Crippen molar-refractivity contribution in [1.82, 2.24) is 9.88 Å². The Kier molecular flexibility index (Phi) is 5.77. The van der Waals surface area contributed by atoms with Crippen molar-refractivity contribution in [3.8, 4) is 5.75 Å². The van der Waals surface area contributed by atoms with Crippen LogP contribution in [0.3, 0.4) is 0 Å². The van der Waals surface area contributed by atoms with Gasteiger partial charge in [-0.05, 0) is 31.5 Å².